The molecule has 0 spiro atoms. The summed E-state index contributed by atoms with van der Waals surface area (Å²) < 4.78 is 7.01. The Morgan fingerprint density at radius 3 is 3.11 bits per heavy atom. The van der Waals surface area contributed by atoms with Crippen LogP contribution in [0.25, 0.3) is 5.52 Å². The van der Waals surface area contributed by atoms with Crippen molar-refractivity contribution in [2.75, 3.05) is 7.05 Å². The van der Waals surface area contributed by atoms with Crippen LogP contribution in [0.2, 0.25) is 0 Å². The molecule has 1 unspecified atom stereocenters. The molecule has 0 aliphatic heterocycles. The average molecular weight is 241 g/mol. The first-order valence-electron chi connectivity index (χ1n) is 5.99. The lowest BCUT2D eigenvalue weighted by Gasteiger charge is -2.14. The summed E-state index contributed by atoms with van der Waals surface area (Å²) >= 11 is 0. The molecule has 92 valence electrons. The van der Waals surface area contributed by atoms with E-state index in [1.165, 1.54) is 11.1 Å². The molecule has 3 aromatic heterocycles. The molecule has 0 bridgehead atoms. The van der Waals surface area contributed by atoms with Crippen LogP contribution in [0.1, 0.15) is 17.2 Å². The lowest BCUT2D eigenvalue weighted by Crippen LogP contribution is -2.18. The van der Waals surface area contributed by atoms with Gasteiger partial charge in [-0.15, -0.1) is 0 Å². The highest BCUT2D eigenvalue weighted by Crippen LogP contribution is 2.22. The summed E-state index contributed by atoms with van der Waals surface area (Å²) in [7, 11) is 1.97. The van der Waals surface area contributed by atoms with Gasteiger partial charge in [0.25, 0.3) is 0 Å². The topological polar surface area (TPSA) is 42.5 Å². The van der Waals surface area contributed by atoms with Crippen LogP contribution in [-0.4, -0.2) is 16.7 Å². The first-order valence-corrected chi connectivity index (χ1v) is 5.99. The fraction of sp³-hybridized carbons (Fsp3) is 0.214. The minimum absolute atomic E-state index is 0.238. The zero-order chi connectivity index (χ0) is 12.4. The lowest BCUT2D eigenvalue weighted by atomic mass is 10.0. The van der Waals surface area contributed by atoms with Crippen molar-refractivity contribution in [1.82, 2.24) is 14.9 Å². The molecule has 0 saturated heterocycles. The van der Waals surface area contributed by atoms with Gasteiger partial charge in [-0.25, -0.2) is 4.52 Å². The largest absolute Gasteiger partial charge is 0.472 e. The monoisotopic (exact) mass is 241 g/mol. The number of likely N-dealkylation sites (N-methyl/N-ethyl adjacent to an activating group) is 1. The summed E-state index contributed by atoms with van der Waals surface area (Å²) in [5, 5.41) is 7.71. The van der Waals surface area contributed by atoms with Gasteiger partial charge in [-0.05, 0) is 37.2 Å². The highest BCUT2D eigenvalue weighted by Gasteiger charge is 2.15. The third-order valence-corrected chi connectivity index (χ3v) is 3.20. The van der Waals surface area contributed by atoms with Gasteiger partial charge in [0.05, 0.1) is 24.2 Å². The smallest absolute Gasteiger partial charge is 0.0935 e. The molecule has 3 heterocycles. The van der Waals surface area contributed by atoms with Crippen LogP contribution in [0.5, 0.6) is 0 Å². The molecule has 18 heavy (non-hydrogen) atoms. The van der Waals surface area contributed by atoms with Gasteiger partial charge >= 0.3 is 0 Å². The zero-order valence-corrected chi connectivity index (χ0v) is 10.2. The number of rotatable bonds is 4. The van der Waals surface area contributed by atoms with Crippen molar-refractivity contribution < 1.29 is 4.42 Å². The van der Waals surface area contributed by atoms with Crippen molar-refractivity contribution in [2.45, 2.75) is 12.5 Å². The molecule has 3 aromatic rings. The Kier molecular flexibility index (Phi) is 2.86. The Morgan fingerprint density at radius 2 is 2.33 bits per heavy atom. The van der Waals surface area contributed by atoms with E-state index in [1.807, 2.05) is 42.2 Å². The number of aromatic nitrogens is 2. The maximum atomic E-state index is 5.12. The normalized spacial score (nSPS) is 12.9. The third-order valence-electron chi connectivity index (χ3n) is 3.20. The molecule has 3 rings (SSSR count). The van der Waals surface area contributed by atoms with Gasteiger partial charge < -0.3 is 9.73 Å². The zero-order valence-electron chi connectivity index (χ0n) is 10.2. The third kappa shape index (κ3) is 1.91. The van der Waals surface area contributed by atoms with Crippen molar-refractivity contribution in [3.05, 3.63) is 60.3 Å². The van der Waals surface area contributed by atoms with Crippen LogP contribution >= 0.6 is 0 Å². The molecule has 0 fully saturated rings. The van der Waals surface area contributed by atoms with Gasteiger partial charge in [0.15, 0.2) is 0 Å². The minimum Gasteiger partial charge on any atom is -0.472 e. The van der Waals surface area contributed by atoms with Crippen molar-refractivity contribution in [2.24, 2.45) is 0 Å². The van der Waals surface area contributed by atoms with Gasteiger partial charge in [0.1, 0.15) is 0 Å². The van der Waals surface area contributed by atoms with E-state index in [2.05, 4.69) is 16.5 Å². The molecule has 0 amide bonds. The predicted molar refractivity (Wildman–Crippen MR) is 69.4 cm³/mol. The van der Waals surface area contributed by atoms with Crippen molar-refractivity contribution in [3.8, 4) is 0 Å². The number of pyridine rings is 1. The number of furan rings is 1. The molecule has 0 aliphatic carbocycles. The predicted octanol–water partition coefficient (Wildman–Crippen LogP) is 2.43. The number of nitrogens with zero attached hydrogens (tertiary/aromatic N) is 2. The second-order valence-corrected chi connectivity index (χ2v) is 4.31. The minimum atomic E-state index is 0.238. The second-order valence-electron chi connectivity index (χ2n) is 4.31. The van der Waals surface area contributed by atoms with E-state index >= 15 is 0 Å². The van der Waals surface area contributed by atoms with Crippen LogP contribution in [0.4, 0.5) is 0 Å². The summed E-state index contributed by atoms with van der Waals surface area (Å²) in [5.74, 6) is 0. The maximum absolute atomic E-state index is 5.12. The lowest BCUT2D eigenvalue weighted by molar-refractivity contribution is 0.552. The van der Waals surface area contributed by atoms with E-state index in [4.69, 9.17) is 4.42 Å². The average Bonchev–Trinajstić information content (AvgIpc) is 3.05. The molecule has 0 aromatic carbocycles. The van der Waals surface area contributed by atoms with Gasteiger partial charge in [0, 0.05) is 17.8 Å². The molecule has 1 N–H and O–H groups in total. The number of nitrogens with one attached hydrogen (secondary N) is 1. The molecular formula is C14H15N3O. The molecule has 4 heteroatoms. The van der Waals surface area contributed by atoms with E-state index in [-0.39, 0.29) is 6.04 Å². The highest BCUT2D eigenvalue weighted by atomic mass is 16.3. The van der Waals surface area contributed by atoms with E-state index in [0.717, 1.165) is 11.9 Å². The summed E-state index contributed by atoms with van der Waals surface area (Å²) in [6.45, 7) is 0. The van der Waals surface area contributed by atoms with Gasteiger partial charge in [-0.2, -0.15) is 5.10 Å². The van der Waals surface area contributed by atoms with Crippen molar-refractivity contribution in [1.29, 1.82) is 0 Å². The fourth-order valence-corrected chi connectivity index (χ4v) is 2.23. The van der Waals surface area contributed by atoms with Crippen LogP contribution in [0.3, 0.4) is 0 Å². The van der Waals surface area contributed by atoms with Crippen LogP contribution in [0.15, 0.2) is 53.6 Å². The van der Waals surface area contributed by atoms with Gasteiger partial charge in [-0.3, -0.25) is 0 Å². The maximum Gasteiger partial charge on any atom is 0.0935 e. The van der Waals surface area contributed by atoms with Gasteiger partial charge in [0.2, 0.25) is 0 Å². The Hall–Kier alpha value is -2.07. The SMILES string of the molecule is CNC(Cc1ccoc1)c1cnn2ccccc12. The van der Waals surface area contributed by atoms with Crippen molar-refractivity contribution in [3.63, 3.8) is 0 Å². The summed E-state index contributed by atoms with van der Waals surface area (Å²) in [6.07, 6.45) is 8.28. The van der Waals surface area contributed by atoms with Crippen LogP contribution in [-0.2, 0) is 6.42 Å². The van der Waals surface area contributed by atoms with Crippen LogP contribution < -0.4 is 5.32 Å². The number of fused-ring (bicyclic) bond motifs is 1. The van der Waals surface area contributed by atoms with E-state index in [9.17, 15) is 0 Å². The van der Waals surface area contributed by atoms with E-state index in [0.29, 0.717) is 0 Å². The van der Waals surface area contributed by atoms with E-state index in [1.54, 1.807) is 12.5 Å². The first kappa shape index (κ1) is 11.0. The first-order chi connectivity index (χ1) is 8.88. The standard InChI is InChI=1S/C14H15N3O/c1-15-13(8-11-5-7-18-10-11)12-9-16-17-6-3-2-4-14(12)17/h2-7,9-10,13,15H,8H2,1H3. The summed E-state index contributed by atoms with van der Waals surface area (Å²) in [4.78, 5) is 0. The Morgan fingerprint density at radius 1 is 1.39 bits per heavy atom. The quantitative estimate of drug-likeness (QED) is 0.762. The van der Waals surface area contributed by atoms with Gasteiger partial charge in [-0.1, -0.05) is 6.07 Å². The summed E-state index contributed by atoms with van der Waals surface area (Å²) in [6, 6.07) is 8.33. The molecule has 1 atom stereocenters. The molecular weight excluding hydrogens is 226 g/mol. The Labute approximate surface area is 105 Å². The molecule has 4 nitrogen and oxygen atoms in total. The summed E-state index contributed by atoms with van der Waals surface area (Å²) in [5.41, 5.74) is 3.53. The van der Waals surface area contributed by atoms with E-state index < -0.39 is 0 Å². The molecule has 0 saturated carbocycles. The van der Waals surface area contributed by atoms with Crippen LogP contribution in [0, 0.1) is 0 Å². The fourth-order valence-electron chi connectivity index (χ4n) is 2.23. The molecule has 0 radical (unpaired) electrons. The molecule has 0 aliphatic rings. The Balaban J connectivity index is 1.96. The highest BCUT2D eigenvalue weighted by molar-refractivity contribution is 5.55. The second kappa shape index (κ2) is 4.66. The Bertz CT molecular complexity index is 627. The number of hydrogen-bond acceptors (Lipinski definition) is 3. The number of hydrogen-bond donors (Lipinski definition) is 1. The van der Waals surface area contributed by atoms with Crippen molar-refractivity contribution >= 4 is 5.52 Å².